The van der Waals surface area contributed by atoms with Crippen LogP contribution in [-0.4, -0.2) is 42.9 Å². The van der Waals surface area contributed by atoms with Crippen molar-refractivity contribution < 1.29 is 9.59 Å². The van der Waals surface area contributed by atoms with Crippen molar-refractivity contribution in [1.82, 2.24) is 10.2 Å². The molecule has 0 aromatic heterocycles. The molecule has 21 heavy (non-hydrogen) atoms. The monoisotopic (exact) mass is 311 g/mol. The third-order valence-corrected chi connectivity index (χ3v) is 3.88. The largest absolute Gasteiger partial charge is 0.346 e. The Labute approximate surface area is 131 Å². The Morgan fingerprint density at radius 3 is 2.67 bits per heavy atom. The molecule has 6 heteroatoms. The van der Waals surface area contributed by atoms with Crippen LogP contribution >= 0.6 is 12.4 Å². The second-order valence-electron chi connectivity index (χ2n) is 5.15. The van der Waals surface area contributed by atoms with Gasteiger partial charge in [0.1, 0.15) is 0 Å². The van der Waals surface area contributed by atoms with Crippen LogP contribution in [0.3, 0.4) is 0 Å². The molecule has 5 nitrogen and oxygen atoms in total. The molecule has 1 aromatic carbocycles. The number of rotatable bonds is 4. The fraction of sp³-hybridized carbons (Fsp3) is 0.467. The molecule has 1 aliphatic rings. The topological polar surface area (TPSA) is 75.4 Å². The molecule has 0 bridgehead atoms. The number of nitrogens with one attached hydrogen (secondary N) is 1. The summed E-state index contributed by atoms with van der Waals surface area (Å²) in [5.74, 6) is -0.378. The summed E-state index contributed by atoms with van der Waals surface area (Å²) in [6, 6.07) is 8.55. The molecule has 0 aliphatic heterocycles. The van der Waals surface area contributed by atoms with Crippen LogP contribution in [0.15, 0.2) is 24.3 Å². The van der Waals surface area contributed by atoms with Gasteiger partial charge in [-0.1, -0.05) is 24.3 Å². The number of halogens is 1. The minimum Gasteiger partial charge on any atom is -0.346 e. The van der Waals surface area contributed by atoms with Gasteiger partial charge in [-0.3, -0.25) is 9.59 Å². The van der Waals surface area contributed by atoms with Crippen molar-refractivity contribution in [2.24, 2.45) is 5.73 Å². The van der Waals surface area contributed by atoms with E-state index in [1.165, 1.54) is 11.1 Å². The first-order chi connectivity index (χ1) is 9.61. The van der Waals surface area contributed by atoms with Crippen LogP contribution in [0.1, 0.15) is 17.5 Å². The number of aryl methyl sites for hydroxylation is 1. The van der Waals surface area contributed by atoms with E-state index in [0.717, 1.165) is 19.3 Å². The zero-order valence-corrected chi connectivity index (χ0v) is 13.0. The van der Waals surface area contributed by atoms with Gasteiger partial charge in [-0.2, -0.15) is 0 Å². The summed E-state index contributed by atoms with van der Waals surface area (Å²) in [6.45, 7) is -0.0710. The molecular weight excluding hydrogens is 290 g/mol. The quantitative estimate of drug-likeness (QED) is 0.850. The molecule has 2 amide bonds. The molecule has 1 atom stereocenters. The Morgan fingerprint density at radius 1 is 1.33 bits per heavy atom. The van der Waals surface area contributed by atoms with Crippen molar-refractivity contribution in [3.8, 4) is 0 Å². The van der Waals surface area contributed by atoms with Gasteiger partial charge in [-0.15, -0.1) is 12.4 Å². The van der Waals surface area contributed by atoms with Crippen molar-refractivity contribution >= 4 is 24.2 Å². The lowest BCUT2D eigenvalue weighted by Crippen LogP contribution is -2.46. The minimum atomic E-state index is -0.305. The Balaban J connectivity index is 0.00000220. The highest BCUT2D eigenvalue weighted by atomic mass is 35.5. The first-order valence-electron chi connectivity index (χ1n) is 6.91. The highest BCUT2D eigenvalue weighted by Crippen LogP contribution is 2.23. The number of carbonyl (C=O) groups excluding carboxylic acids is 2. The van der Waals surface area contributed by atoms with Crippen molar-refractivity contribution in [2.75, 3.05) is 20.1 Å². The van der Waals surface area contributed by atoms with Gasteiger partial charge in [-0.25, -0.2) is 0 Å². The number of fused-ring (bicyclic) bond motifs is 1. The predicted octanol–water partition coefficient (Wildman–Crippen LogP) is 0.499. The van der Waals surface area contributed by atoms with Gasteiger partial charge in [0, 0.05) is 13.1 Å². The number of nitrogens with two attached hydrogens (primary N) is 1. The molecule has 0 spiro atoms. The molecule has 1 unspecified atom stereocenters. The smallest absolute Gasteiger partial charge is 0.241 e. The van der Waals surface area contributed by atoms with E-state index in [1.54, 1.807) is 11.9 Å². The highest BCUT2D eigenvalue weighted by Gasteiger charge is 2.24. The van der Waals surface area contributed by atoms with Gasteiger partial charge < -0.3 is 16.0 Å². The average Bonchev–Trinajstić information content (AvgIpc) is 2.50. The normalized spacial score (nSPS) is 16.4. The number of likely N-dealkylation sites (N-methyl/N-ethyl adjacent to an activating group) is 1. The third kappa shape index (κ3) is 4.44. The Bertz CT molecular complexity index is 507. The molecule has 0 heterocycles. The molecule has 0 saturated heterocycles. The fourth-order valence-electron chi connectivity index (χ4n) is 2.58. The summed E-state index contributed by atoms with van der Waals surface area (Å²) in [5.41, 5.74) is 7.88. The lowest BCUT2D eigenvalue weighted by atomic mass is 9.87. The van der Waals surface area contributed by atoms with Crippen LogP contribution in [0.5, 0.6) is 0 Å². The van der Waals surface area contributed by atoms with Gasteiger partial charge in [-0.05, 0) is 30.4 Å². The summed E-state index contributed by atoms with van der Waals surface area (Å²) in [7, 11) is 1.80. The zero-order valence-electron chi connectivity index (χ0n) is 12.2. The summed E-state index contributed by atoms with van der Waals surface area (Å²) in [5, 5.41) is 2.52. The number of nitrogens with zero attached hydrogens (tertiary/aromatic N) is 1. The van der Waals surface area contributed by atoms with E-state index in [0.29, 0.717) is 0 Å². The first kappa shape index (κ1) is 17.5. The molecular formula is C15H22ClN3O2. The minimum absolute atomic E-state index is 0. The maximum absolute atomic E-state index is 12.0. The lowest BCUT2D eigenvalue weighted by molar-refractivity contribution is -0.133. The highest BCUT2D eigenvalue weighted by molar-refractivity contribution is 5.85. The summed E-state index contributed by atoms with van der Waals surface area (Å²) < 4.78 is 0. The van der Waals surface area contributed by atoms with E-state index in [2.05, 4.69) is 23.5 Å². The standard InChI is InChI=1S/C15H21N3O2.ClH/c1-18(15(20)10-17-14(19)9-16)13-7-6-11-4-2-3-5-12(11)8-13;/h2-5,13H,6-10,16H2,1H3,(H,17,19);1H. The van der Waals surface area contributed by atoms with E-state index in [1.807, 2.05) is 6.07 Å². The number of hydrogen-bond acceptors (Lipinski definition) is 3. The van der Waals surface area contributed by atoms with Gasteiger partial charge in [0.25, 0.3) is 0 Å². The fourth-order valence-corrected chi connectivity index (χ4v) is 2.58. The van der Waals surface area contributed by atoms with Crippen LogP contribution in [0.4, 0.5) is 0 Å². The van der Waals surface area contributed by atoms with E-state index in [9.17, 15) is 9.59 Å². The van der Waals surface area contributed by atoms with Crippen molar-refractivity contribution in [3.63, 3.8) is 0 Å². The average molecular weight is 312 g/mol. The summed E-state index contributed by atoms with van der Waals surface area (Å²) in [4.78, 5) is 24.9. The second kappa shape index (κ2) is 8.00. The Hall–Kier alpha value is -1.59. The van der Waals surface area contributed by atoms with E-state index in [-0.39, 0.29) is 43.4 Å². The summed E-state index contributed by atoms with van der Waals surface area (Å²) in [6.07, 6.45) is 2.83. The Morgan fingerprint density at radius 2 is 2.00 bits per heavy atom. The zero-order chi connectivity index (χ0) is 14.5. The van der Waals surface area contributed by atoms with Crippen molar-refractivity contribution in [2.45, 2.75) is 25.3 Å². The van der Waals surface area contributed by atoms with Crippen LogP contribution in [0.25, 0.3) is 0 Å². The molecule has 1 aliphatic carbocycles. The molecule has 0 fully saturated rings. The molecule has 2 rings (SSSR count). The SMILES string of the molecule is CN(C(=O)CNC(=O)CN)C1CCc2ccccc2C1.Cl. The maximum Gasteiger partial charge on any atom is 0.241 e. The lowest BCUT2D eigenvalue weighted by Gasteiger charge is -2.32. The van der Waals surface area contributed by atoms with Gasteiger partial charge in [0.2, 0.25) is 11.8 Å². The van der Waals surface area contributed by atoms with Crippen LogP contribution in [0.2, 0.25) is 0 Å². The molecule has 1 aromatic rings. The summed E-state index contributed by atoms with van der Waals surface area (Å²) >= 11 is 0. The molecule has 0 saturated carbocycles. The number of hydrogen-bond donors (Lipinski definition) is 2. The predicted molar refractivity (Wildman–Crippen MR) is 84.3 cm³/mol. The number of benzene rings is 1. The van der Waals surface area contributed by atoms with Crippen LogP contribution < -0.4 is 11.1 Å². The van der Waals surface area contributed by atoms with E-state index < -0.39 is 0 Å². The Kier molecular flexibility index (Phi) is 6.65. The third-order valence-electron chi connectivity index (χ3n) is 3.88. The second-order valence-corrected chi connectivity index (χ2v) is 5.15. The van der Waals surface area contributed by atoms with Crippen LogP contribution in [-0.2, 0) is 22.4 Å². The van der Waals surface area contributed by atoms with Crippen molar-refractivity contribution in [3.05, 3.63) is 35.4 Å². The van der Waals surface area contributed by atoms with E-state index in [4.69, 9.17) is 5.73 Å². The molecule has 116 valence electrons. The van der Waals surface area contributed by atoms with E-state index >= 15 is 0 Å². The van der Waals surface area contributed by atoms with Crippen LogP contribution in [0, 0.1) is 0 Å². The van der Waals surface area contributed by atoms with Gasteiger partial charge in [0.05, 0.1) is 13.1 Å². The maximum atomic E-state index is 12.0. The number of amides is 2. The molecule has 3 N–H and O–H groups in total. The number of carbonyl (C=O) groups is 2. The van der Waals surface area contributed by atoms with Gasteiger partial charge in [0.15, 0.2) is 0 Å². The van der Waals surface area contributed by atoms with Crippen molar-refractivity contribution in [1.29, 1.82) is 0 Å². The van der Waals surface area contributed by atoms with Gasteiger partial charge >= 0.3 is 0 Å². The molecule has 0 radical (unpaired) electrons. The first-order valence-corrected chi connectivity index (χ1v) is 6.91.